The van der Waals surface area contributed by atoms with Gasteiger partial charge in [0.05, 0.1) is 0 Å². The van der Waals surface area contributed by atoms with E-state index >= 15 is 0 Å². The van der Waals surface area contributed by atoms with Crippen LogP contribution < -0.4 is 0 Å². The largest absolute Gasteiger partial charge is 0.508 e. The Bertz CT molecular complexity index is 512. The molecule has 2 bridgehead atoms. The summed E-state index contributed by atoms with van der Waals surface area (Å²) in [5.74, 6) is 1.09. The third-order valence-corrected chi connectivity index (χ3v) is 6.16. The summed E-state index contributed by atoms with van der Waals surface area (Å²) in [6.45, 7) is 9.57. The molecule has 3 rings (SSSR count). The topological polar surface area (TPSA) is 23.5 Å². The Balaban J connectivity index is 1.87. The summed E-state index contributed by atoms with van der Waals surface area (Å²) in [4.78, 5) is 2.73. The fourth-order valence-corrected chi connectivity index (χ4v) is 4.54. The minimum absolute atomic E-state index is 0.234. The van der Waals surface area contributed by atoms with Crippen molar-refractivity contribution in [3.63, 3.8) is 0 Å². The highest BCUT2D eigenvalue weighted by atomic mass is 16.3. The summed E-state index contributed by atoms with van der Waals surface area (Å²) in [7, 11) is 0. The van der Waals surface area contributed by atoms with E-state index in [4.69, 9.17) is 0 Å². The fourth-order valence-electron chi connectivity index (χ4n) is 4.54. The number of rotatable bonds is 4. The maximum atomic E-state index is 9.87. The van der Waals surface area contributed by atoms with Gasteiger partial charge in [-0.3, -0.25) is 4.90 Å². The molecule has 0 unspecified atom stereocenters. The second-order valence-electron chi connectivity index (χ2n) is 7.31. The zero-order valence-corrected chi connectivity index (χ0v) is 13.7. The molecule has 1 saturated heterocycles. The molecule has 0 radical (unpaired) electrons. The molecule has 1 fully saturated rings. The van der Waals surface area contributed by atoms with Crippen molar-refractivity contribution in [1.29, 1.82) is 0 Å². The van der Waals surface area contributed by atoms with E-state index in [1.807, 2.05) is 12.1 Å². The predicted octanol–water partition coefficient (Wildman–Crippen LogP) is 4.11. The van der Waals surface area contributed by atoms with Crippen LogP contribution in [0.3, 0.4) is 0 Å². The van der Waals surface area contributed by atoms with E-state index in [0.717, 1.165) is 6.42 Å². The standard InChI is InChI=1S/C19H29NO/c1-4-5-6-10-20-11-9-19(3)14(2)18(20)12-15-7-8-16(21)13-17(15)19/h7-8,13-14,18,21H,4-6,9-12H2,1-3H3/t14-,18+,19-/m0/s1. The van der Waals surface area contributed by atoms with Crippen LogP contribution in [0.15, 0.2) is 18.2 Å². The van der Waals surface area contributed by atoms with E-state index in [0.29, 0.717) is 17.7 Å². The fraction of sp³-hybridized carbons (Fsp3) is 0.684. The van der Waals surface area contributed by atoms with Crippen molar-refractivity contribution in [1.82, 2.24) is 4.90 Å². The van der Waals surface area contributed by atoms with Gasteiger partial charge in [-0.2, -0.15) is 0 Å². The molecule has 116 valence electrons. The Morgan fingerprint density at radius 2 is 2.14 bits per heavy atom. The van der Waals surface area contributed by atoms with Crippen LogP contribution in [0, 0.1) is 5.92 Å². The van der Waals surface area contributed by atoms with Crippen molar-refractivity contribution in [2.75, 3.05) is 13.1 Å². The Kier molecular flexibility index (Phi) is 4.00. The third kappa shape index (κ3) is 2.48. The first-order valence-electron chi connectivity index (χ1n) is 8.62. The number of nitrogens with zero attached hydrogens (tertiary/aromatic N) is 1. The monoisotopic (exact) mass is 287 g/mol. The lowest BCUT2D eigenvalue weighted by atomic mass is 9.59. The van der Waals surface area contributed by atoms with Crippen LogP contribution in [0.4, 0.5) is 0 Å². The minimum Gasteiger partial charge on any atom is -0.508 e. The highest BCUT2D eigenvalue weighted by Crippen LogP contribution is 2.49. The molecule has 2 nitrogen and oxygen atoms in total. The number of likely N-dealkylation sites (tertiary alicyclic amines) is 1. The van der Waals surface area contributed by atoms with Gasteiger partial charge >= 0.3 is 0 Å². The molecule has 2 heteroatoms. The summed E-state index contributed by atoms with van der Waals surface area (Å²) in [5, 5.41) is 9.87. The molecular weight excluding hydrogens is 258 g/mol. The molecule has 0 spiro atoms. The summed E-state index contributed by atoms with van der Waals surface area (Å²) in [6.07, 6.45) is 6.35. The molecule has 1 N–H and O–H groups in total. The zero-order valence-electron chi connectivity index (χ0n) is 13.7. The molecule has 1 aromatic rings. The highest BCUT2D eigenvalue weighted by molar-refractivity contribution is 5.44. The Morgan fingerprint density at radius 1 is 1.33 bits per heavy atom. The lowest BCUT2D eigenvalue weighted by molar-refractivity contribution is 0.0303. The van der Waals surface area contributed by atoms with Gasteiger partial charge in [0.25, 0.3) is 0 Å². The number of aromatic hydroxyl groups is 1. The summed E-state index contributed by atoms with van der Waals surface area (Å²) in [6, 6.07) is 6.71. The third-order valence-electron chi connectivity index (χ3n) is 6.16. The zero-order chi connectivity index (χ0) is 15.0. The Hall–Kier alpha value is -1.02. The molecule has 3 atom stereocenters. The molecule has 1 aliphatic heterocycles. The number of benzene rings is 1. The van der Waals surface area contributed by atoms with Crippen LogP contribution in [-0.2, 0) is 11.8 Å². The number of fused-ring (bicyclic) bond motifs is 4. The molecule has 21 heavy (non-hydrogen) atoms. The summed E-state index contributed by atoms with van der Waals surface area (Å²) < 4.78 is 0. The van der Waals surface area contributed by atoms with Crippen LogP contribution in [0.5, 0.6) is 5.75 Å². The van der Waals surface area contributed by atoms with Crippen molar-refractivity contribution in [2.24, 2.45) is 5.92 Å². The van der Waals surface area contributed by atoms with E-state index in [2.05, 4.69) is 31.7 Å². The van der Waals surface area contributed by atoms with E-state index in [9.17, 15) is 5.11 Å². The van der Waals surface area contributed by atoms with Crippen LogP contribution in [0.2, 0.25) is 0 Å². The van der Waals surface area contributed by atoms with Gasteiger partial charge in [-0.25, -0.2) is 0 Å². The van der Waals surface area contributed by atoms with Crippen LogP contribution in [0.1, 0.15) is 57.6 Å². The molecule has 0 amide bonds. The van der Waals surface area contributed by atoms with Gasteiger partial charge in [-0.05, 0) is 66.9 Å². The normalized spacial score (nSPS) is 32.0. The van der Waals surface area contributed by atoms with Gasteiger partial charge in [0.15, 0.2) is 0 Å². The smallest absolute Gasteiger partial charge is 0.115 e. The number of unbranched alkanes of at least 4 members (excludes halogenated alkanes) is 2. The summed E-state index contributed by atoms with van der Waals surface area (Å²) >= 11 is 0. The number of phenols is 1. The number of phenolic OH excluding ortho intramolecular Hbond substituents is 1. The van der Waals surface area contributed by atoms with Gasteiger partial charge in [0.2, 0.25) is 0 Å². The Morgan fingerprint density at radius 3 is 2.90 bits per heavy atom. The Labute approximate surface area is 129 Å². The lowest BCUT2D eigenvalue weighted by Gasteiger charge is -2.54. The molecular formula is C19H29NO. The molecule has 2 aliphatic rings. The first kappa shape index (κ1) is 14.9. The highest BCUT2D eigenvalue weighted by Gasteiger charge is 2.48. The second kappa shape index (κ2) is 5.64. The number of hydrogen-bond acceptors (Lipinski definition) is 2. The van der Waals surface area contributed by atoms with Gasteiger partial charge in [-0.1, -0.05) is 39.7 Å². The first-order chi connectivity index (χ1) is 10.1. The maximum Gasteiger partial charge on any atom is 0.115 e. The molecule has 0 aromatic heterocycles. The lowest BCUT2D eigenvalue weighted by Crippen LogP contribution is -2.58. The summed E-state index contributed by atoms with van der Waals surface area (Å²) in [5.41, 5.74) is 3.09. The van der Waals surface area contributed by atoms with Crippen LogP contribution >= 0.6 is 0 Å². The average Bonchev–Trinajstić information content (AvgIpc) is 2.46. The van der Waals surface area contributed by atoms with Crippen LogP contribution in [-0.4, -0.2) is 29.1 Å². The van der Waals surface area contributed by atoms with Gasteiger partial charge in [0.1, 0.15) is 5.75 Å². The van der Waals surface area contributed by atoms with E-state index in [1.165, 1.54) is 49.9 Å². The molecule has 1 aromatic carbocycles. The van der Waals surface area contributed by atoms with Gasteiger partial charge in [0, 0.05) is 6.04 Å². The molecule has 1 heterocycles. The SMILES string of the molecule is CCCCCN1CC[C@]2(C)c3cc(O)ccc3C[C@@H]1[C@@H]2C. The van der Waals surface area contributed by atoms with Crippen molar-refractivity contribution >= 4 is 0 Å². The second-order valence-corrected chi connectivity index (χ2v) is 7.31. The van der Waals surface area contributed by atoms with Crippen molar-refractivity contribution in [3.05, 3.63) is 29.3 Å². The van der Waals surface area contributed by atoms with Crippen molar-refractivity contribution in [3.8, 4) is 5.75 Å². The number of piperidine rings is 1. The maximum absolute atomic E-state index is 9.87. The van der Waals surface area contributed by atoms with E-state index in [1.54, 1.807) is 0 Å². The first-order valence-corrected chi connectivity index (χ1v) is 8.62. The number of hydrogen-bond donors (Lipinski definition) is 1. The van der Waals surface area contributed by atoms with E-state index < -0.39 is 0 Å². The van der Waals surface area contributed by atoms with Crippen molar-refractivity contribution in [2.45, 2.75) is 64.3 Å². The van der Waals surface area contributed by atoms with E-state index in [-0.39, 0.29) is 5.41 Å². The van der Waals surface area contributed by atoms with Crippen molar-refractivity contribution < 1.29 is 5.11 Å². The molecule has 1 aliphatic carbocycles. The van der Waals surface area contributed by atoms with Gasteiger partial charge < -0.3 is 5.11 Å². The minimum atomic E-state index is 0.234. The predicted molar refractivity (Wildman–Crippen MR) is 87.8 cm³/mol. The van der Waals surface area contributed by atoms with Gasteiger partial charge in [-0.15, -0.1) is 0 Å². The van der Waals surface area contributed by atoms with Crippen LogP contribution in [0.25, 0.3) is 0 Å². The quantitative estimate of drug-likeness (QED) is 0.843. The molecule has 0 saturated carbocycles. The average molecular weight is 287 g/mol.